The van der Waals surface area contributed by atoms with Gasteiger partial charge in [-0.3, -0.25) is 9.67 Å². The van der Waals surface area contributed by atoms with Gasteiger partial charge in [-0.05, 0) is 52.0 Å². The Hall–Kier alpha value is -1.56. The van der Waals surface area contributed by atoms with Crippen LogP contribution in [0.15, 0.2) is 11.2 Å². The highest BCUT2D eigenvalue weighted by Gasteiger charge is 2.22. The van der Waals surface area contributed by atoms with Crippen molar-refractivity contribution < 1.29 is 0 Å². The standard InChI is InChI=1S/C21H40N6/c1-8-22-21(23-12-18-10-9-11-27(13-18)17(4)5)25(6)14-19-15-26(7)24-20(19)16(2)3/h15-18H,8-14H2,1-7H3,(H,22,23). The fraction of sp³-hybridized carbons (Fsp3) is 0.810. The van der Waals surface area contributed by atoms with E-state index >= 15 is 0 Å². The van der Waals surface area contributed by atoms with Gasteiger partial charge in [0.15, 0.2) is 5.96 Å². The Bertz CT molecular complexity index is 604. The molecule has 1 unspecified atom stereocenters. The summed E-state index contributed by atoms with van der Waals surface area (Å²) >= 11 is 0. The molecule has 0 amide bonds. The van der Waals surface area contributed by atoms with Crippen molar-refractivity contribution in [3.05, 3.63) is 17.5 Å². The summed E-state index contributed by atoms with van der Waals surface area (Å²) in [5.41, 5.74) is 2.46. The van der Waals surface area contributed by atoms with E-state index < -0.39 is 0 Å². The van der Waals surface area contributed by atoms with Gasteiger partial charge in [0.05, 0.1) is 5.69 Å². The molecule has 1 aromatic rings. The molecule has 1 aliphatic heterocycles. The van der Waals surface area contributed by atoms with E-state index in [1.807, 2.05) is 11.7 Å². The van der Waals surface area contributed by atoms with Crippen molar-refractivity contribution in [2.45, 2.75) is 66.0 Å². The molecule has 1 fully saturated rings. The zero-order valence-corrected chi connectivity index (χ0v) is 18.5. The number of nitrogens with zero attached hydrogens (tertiary/aromatic N) is 5. The van der Waals surface area contributed by atoms with Crippen LogP contribution in [0.25, 0.3) is 0 Å². The minimum Gasteiger partial charge on any atom is -0.357 e. The molecule has 1 atom stereocenters. The third-order valence-corrected chi connectivity index (χ3v) is 5.37. The Balaban J connectivity index is 2.03. The number of guanidine groups is 1. The highest BCUT2D eigenvalue weighted by atomic mass is 15.3. The molecule has 154 valence electrons. The van der Waals surface area contributed by atoms with Crippen LogP contribution in [0.1, 0.15) is 64.6 Å². The second-order valence-corrected chi connectivity index (χ2v) is 8.52. The van der Waals surface area contributed by atoms with E-state index in [4.69, 9.17) is 4.99 Å². The molecule has 6 nitrogen and oxygen atoms in total. The Kier molecular flexibility index (Phi) is 8.14. The predicted octanol–water partition coefficient (Wildman–Crippen LogP) is 3.06. The number of piperidine rings is 1. The van der Waals surface area contributed by atoms with Gasteiger partial charge in [0, 0.05) is 58.1 Å². The largest absolute Gasteiger partial charge is 0.357 e. The number of likely N-dealkylation sites (tertiary alicyclic amines) is 1. The number of hydrogen-bond acceptors (Lipinski definition) is 3. The van der Waals surface area contributed by atoms with Crippen molar-refractivity contribution in [3.8, 4) is 0 Å². The van der Waals surface area contributed by atoms with Crippen molar-refractivity contribution in [1.82, 2.24) is 24.9 Å². The second-order valence-electron chi connectivity index (χ2n) is 8.52. The first-order valence-corrected chi connectivity index (χ1v) is 10.6. The molecule has 1 saturated heterocycles. The molecule has 0 bridgehead atoms. The molecule has 0 saturated carbocycles. The fourth-order valence-corrected chi connectivity index (χ4v) is 3.89. The summed E-state index contributed by atoms with van der Waals surface area (Å²) in [6, 6.07) is 0.632. The average Bonchev–Trinajstić information content (AvgIpc) is 2.99. The van der Waals surface area contributed by atoms with Gasteiger partial charge < -0.3 is 15.1 Å². The molecule has 27 heavy (non-hydrogen) atoms. The van der Waals surface area contributed by atoms with Crippen LogP contribution in [-0.2, 0) is 13.6 Å². The Labute approximate surface area is 166 Å². The molecule has 6 heteroatoms. The molecule has 1 N–H and O–H groups in total. The van der Waals surface area contributed by atoms with Crippen molar-refractivity contribution in [2.75, 3.05) is 33.2 Å². The molecule has 0 spiro atoms. The summed E-state index contributed by atoms with van der Waals surface area (Å²) < 4.78 is 1.92. The van der Waals surface area contributed by atoms with Gasteiger partial charge in [0.25, 0.3) is 0 Å². The van der Waals surface area contributed by atoms with Gasteiger partial charge in [0.1, 0.15) is 0 Å². The molecule has 2 heterocycles. The van der Waals surface area contributed by atoms with E-state index in [1.165, 1.54) is 37.2 Å². The lowest BCUT2D eigenvalue weighted by Gasteiger charge is -2.35. The number of aromatic nitrogens is 2. The third kappa shape index (κ3) is 6.23. The molecule has 0 aliphatic carbocycles. The maximum absolute atomic E-state index is 4.99. The maximum Gasteiger partial charge on any atom is 0.193 e. The number of aryl methyl sites for hydroxylation is 1. The van der Waals surface area contributed by atoms with Crippen LogP contribution >= 0.6 is 0 Å². The van der Waals surface area contributed by atoms with Gasteiger partial charge in [-0.1, -0.05) is 13.8 Å². The molecule has 0 radical (unpaired) electrons. The highest BCUT2D eigenvalue weighted by molar-refractivity contribution is 5.79. The smallest absolute Gasteiger partial charge is 0.193 e. The lowest BCUT2D eigenvalue weighted by molar-refractivity contribution is 0.143. The van der Waals surface area contributed by atoms with Gasteiger partial charge in [-0.15, -0.1) is 0 Å². The van der Waals surface area contributed by atoms with Crippen molar-refractivity contribution in [2.24, 2.45) is 18.0 Å². The van der Waals surface area contributed by atoms with E-state index in [-0.39, 0.29) is 0 Å². The topological polar surface area (TPSA) is 48.7 Å². The van der Waals surface area contributed by atoms with Crippen LogP contribution in [0.2, 0.25) is 0 Å². The minimum atomic E-state index is 0.429. The summed E-state index contributed by atoms with van der Waals surface area (Å²) in [4.78, 5) is 9.81. The van der Waals surface area contributed by atoms with Crippen LogP contribution in [0.3, 0.4) is 0 Å². The van der Waals surface area contributed by atoms with Gasteiger partial charge in [0.2, 0.25) is 0 Å². The van der Waals surface area contributed by atoms with E-state index in [0.717, 1.165) is 25.6 Å². The van der Waals surface area contributed by atoms with Crippen molar-refractivity contribution >= 4 is 5.96 Å². The maximum atomic E-state index is 4.99. The Morgan fingerprint density at radius 1 is 1.37 bits per heavy atom. The number of hydrogen-bond donors (Lipinski definition) is 1. The van der Waals surface area contributed by atoms with Crippen LogP contribution in [0.4, 0.5) is 0 Å². The summed E-state index contributed by atoms with van der Waals surface area (Å²) in [6.07, 6.45) is 4.71. The summed E-state index contributed by atoms with van der Waals surface area (Å²) in [5, 5.41) is 8.10. The third-order valence-electron chi connectivity index (χ3n) is 5.37. The first-order valence-electron chi connectivity index (χ1n) is 10.6. The van der Waals surface area contributed by atoms with Crippen molar-refractivity contribution in [3.63, 3.8) is 0 Å². The Morgan fingerprint density at radius 3 is 2.74 bits per heavy atom. The monoisotopic (exact) mass is 376 g/mol. The van der Waals surface area contributed by atoms with E-state index in [9.17, 15) is 0 Å². The van der Waals surface area contributed by atoms with Gasteiger partial charge in [-0.25, -0.2) is 0 Å². The van der Waals surface area contributed by atoms with E-state index in [0.29, 0.717) is 17.9 Å². The predicted molar refractivity (Wildman–Crippen MR) is 114 cm³/mol. The van der Waals surface area contributed by atoms with Gasteiger partial charge >= 0.3 is 0 Å². The fourth-order valence-electron chi connectivity index (χ4n) is 3.89. The normalized spacial score (nSPS) is 19.1. The highest BCUT2D eigenvalue weighted by Crippen LogP contribution is 2.20. The number of nitrogens with one attached hydrogen (secondary N) is 1. The second kappa shape index (κ2) is 10.1. The lowest BCUT2D eigenvalue weighted by atomic mass is 9.97. The Morgan fingerprint density at radius 2 is 2.11 bits per heavy atom. The zero-order valence-electron chi connectivity index (χ0n) is 18.5. The minimum absolute atomic E-state index is 0.429. The van der Waals surface area contributed by atoms with Crippen LogP contribution in [0, 0.1) is 5.92 Å². The first kappa shape index (κ1) is 21.7. The van der Waals surface area contributed by atoms with Crippen LogP contribution < -0.4 is 5.32 Å². The summed E-state index contributed by atoms with van der Waals surface area (Å²) in [5.74, 6) is 2.09. The zero-order chi connectivity index (χ0) is 20.0. The van der Waals surface area contributed by atoms with Crippen molar-refractivity contribution in [1.29, 1.82) is 0 Å². The molecular formula is C21H40N6. The van der Waals surface area contributed by atoms with Crippen LogP contribution in [0.5, 0.6) is 0 Å². The molecule has 1 aromatic heterocycles. The van der Waals surface area contributed by atoms with E-state index in [1.54, 1.807) is 0 Å². The molecule has 2 rings (SSSR count). The lowest BCUT2D eigenvalue weighted by Crippen LogP contribution is -2.42. The quantitative estimate of drug-likeness (QED) is 0.587. The summed E-state index contributed by atoms with van der Waals surface area (Å²) in [7, 11) is 4.12. The average molecular weight is 377 g/mol. The number of rotatable bonds is 7. The first-order chi connectivity index (χ1) is 12.8. The number of aliphatic imine (C=N–C) groups is 1. The molecule has 0 aromatic carbocycles. The summed E-state index contributed by atoms with van der Waals surface area (Å²) in [6.45, 7) is 16.2. The molecular weight excluding hydrogens is 336 g/mol. The van der Waals surface area contributed by atoms with Gasteiger partial charge in [-0.2, -0.15) is 5.10 Å². The van der Waals surface area contributed by atoms with E-state index in [2.05, 4.69) is 68.1 Å². The van der Waals surface area contributed by atoms with Crippen LogP contribution in [-0.4, -0.2) is 64.8 Å². The molecule has 1 aliphatic rings. The SMILES string of the molecule is CCNC(=NCC1CCCN(C(C)C)C1)N(C)Cc1cn(C)nc1C(C)C.